The van der Waals surface area contributed by atoms with E-state index < -0.39 is 16.1 Å². The van der Waals surface area contributed by atoms with E-state index in [0.717, 1.165) is 36.8 Å². The summed E-state index contributed by atoms with van der Waals surface area (Å²) in [6, 6.07) is 17.2. The summed E-state index contributed by atoms with van der Waals surface area (Å²) in [4.78, 5) is 3.21. The van der Waals surface area contributed by atoms with Crippen LogP contribution in [-0.4, -0.2) is 12.4 Å². The highest BCUT2D eigenvalue weighted by atomic mass is 32.2. The highest BCUT2D eigenvalue weighted by Crippen LogP contribution is 2.31. The largest absolute Gasteiger partial charge is 0.267 e. The minimum absolute atomic E-state index is 0.179. The van der Waals surface area contributed by atoms with Gasteiger partial charge in [-0.1, -0.05) is 85.5 Å². The molecule has 0 bridgehead atoms. The molecule has 1 aromatic heterocycles. The van der Waals surface area contributed by atoms with Crippen LogP contribution in [0.4, 0.5) is 0 Å². The number of benzene rings is 2. The molecule has 0 N–H and O–H groups in total. The summed E-state index contributed by atoms with van der Waals surface area (Å²) < 4.78 is 28.3. The lowest BCUT2D eigenvalue weighted by molar-refractivity contribution is 0.544. The Morgan fingerprint density at radius 3 is 2.39 bits per heavy atom. The summed E-state index contributed by atoms with van der Waals surface area (Å²) in [5, 5.41) is 3.99. The Kier molecular flexibility index (Phi) is 8.37. The first kappa shape index (κ1) is 24.2. The predicted molar refractivity (Wildman–Crippen MR) is 131 cm³/mol. The molecule has 33 heavy (non-hydrogen) atoms. The Bertz CT molecular complexity index is 1280. The van der Waals surface area contributed by atoms with Crippen LogP contribution in [0.15, 0.2) is 76.9 Å². The molecule has 0 radical (unpaired) electrons. The molecule has 0 saturated carbocycles. The van der Waals surface area contributed by atoms with E-state index in [1.807, 2.05) is 37.3 Å². The molecular weight excluding hydrogens is 432 g/mol. The lowest BCUT2D eigenvalue weighted by Crippen LogP contribution is -2.17. The SMILES string of the molecule is CCCCCCC(N=[N+]=[N-])c1c(C#Cc2ccccc2)ccn1S(=O)(=O)c1ccc(C)cc1. The van der Waals surface area contributed by atoms with Gasteiger partial charge in [0.25, 0.3) is 10.0 Å². The van der Waals surface area contributed by atoms with Gasteiger partial charge in [-0.3, -0.25) is 0 Å². The Morgan fingerprint density at radius 1 is 1.00 bits per heavy atom. The van der Waals surface area contributed by atoms with E-state index in [1.54, 1.807) is 30.3 Å². The maximum atomic E-state index is 13.5. The van der Waals surface area contributed by atoms with Crippen LogP contribution >= 0.6 is 0 Å². The molecule has 0 amide bonds. The fourth-order valence-electron chi connectivity index (χ4n) is 3.63. The van der Waals surface area contributed by atoms with Crippen molar-refractivity contribution in [3.63, 3.8) is 0 Å². The molecule has 0 aliphatic heterocycles. The minimum Gasteiger partial charge on any atom is -0.244 e. The number of hydrogen-bond acceptors (Lipinski definition) is 3. The fraction of sp³-hybridized carbons (Fsp3) is 0.308. The zero-order chi connectivity index (χ0) is 23.7. The molecule has 1 unspecified atom stereocenters. The van der Waals surface area contributed by atoms with E-state index >= 15 is 0 Å². The summed E-state index contributed by atoms with van der Waals surface area (Å²) in [5.74, 6) is 6.20. The van der Waals surface area contributed by atoms with E-state index in [2.05, 4.69) is 28.8 Å². The van der Waals surface area contributed by atoms with Crippen molar-refractivity contribution in [1.29, 1.82) is 0 Å². The first-order valence-electron chi connectivity index (χ1n) is 11.1. The number of aryl methyl sites for hydroxylation is 1. The van der Waals surface area contributed by atoms with Gasteiger partial charge in [0.15, 0.2) is 0 Å². The van der Waals surface area contributed by atoms with Crippen molar-refractivity contribution in [2.75, 3.05) is 0 Å². The molecule has 0 spiro atoms. The number of aromatic nitrogens is 1. The standard InChI is InChI=1S/C26H28N4O2S/c1-3-4-5-9-12-25(28-29-27)26-23(16-15-22-10-7-6-8-11-22)19-20-30(26)33(31,32)24-17-13-21(2)14-18-24/h6-8,10-11,13-14,17-20,25H,3-5,9,12H2,1-2H3. The van der Waals surface area contributed by atoms with E-state index in [9.17, 15) is 13.9 Å². The smallest absolute Gasteiger partial charge is 0.244 e. The second-order valence-corrected chi connectivity index (χ2v) is 9.73. The van der Waals surface area contributed by atoms with Gasteiger partial charge in [-0.25, -0.2) is 12.4 Å². The van der Waals surface area contributed by atoms with Gasteiger partial charge in [-0.15, -0.1) is 0 Å². The van der Waals surface area contributed by atoms with Crippen molar-refractivity contribution >= 4 is 10.0 Å². The Morgan fingerprint density at radius 2 is 1.73 bits per heavy atom. The maximum absolute atomic E-state index is 13.5. The average molecular weight is 461 g/mol. The van der Waals surface area contributed by atoms with Crippen LogP contribution in [0, 0.1) is 18.8 Å². The number of hydrogen-bond donors (Lipinski definition) is 0. The molecule has 3 aromatic rings. The molecule has 0 aliphatic carbocycles. The van der Waals surface area contributed by atoms with Crippen molar-refractivity contribution in [2.45, 2.75) is 56.9 Å². The van der Waals surface area contributed by atoms with Gasteiger partial charge in [0.1, 0.15) is 0 Å². The molecule has 0 fully saturated rings. The zero-order valence-corrected chi connectivity index (χ0v) is 19.8. The Balaban J connectivity index is 2.11. The molecule has 1 heterocycles. The molecule has 170 valence electrons. The molecule has 2 aromatic carbocycles. The predicted octanol–water partition coefficient (Wildman–Crippen LogP) is 6.76. The number of nitrogens with zero attached hydrogens (tertiary/aromatic N) is 4. The van der Waals surface area contributed by atoms with Crippen LogP contribution in [0.1, 0.15) is 67.5 Å². The lowest BCUT2D eigenvalue weighted by Gasteiger charge is -2.17. The minimum atomic E-state index is -3.88. The molecule has 3 rings (SSSR count). The summed E-state index contributed by atoms with van der Waals surface area (Å²) in [6.07, 6.45) is 6.04. The topological polar surface area (TPSA) is 87.8 Å². The number of rotatable bonds is 9. The molecule has 7 heteroatoms. The van der Waals surface area contributed by atoms with Crippen molar-refractivity contribution in [3.8, 4) is 11.8 Å². The summed E-state index contributed by atoms with van der Waals surface area (Å²) >= 11 is 0. The molecular formula is C26H28N4O2S. The van der Waals surface area contributed by atoms with E-state index in [0.29, 0.717) is 17.7 Å². The highest BCUT2D eigenvalue weighted by Gasteiger charge is 2.26. The van der Waals surface area contributed by atoms with E-state index in [4.69, 9.17) is 0 Å². The van der Waals surface area contributed by atoms with Gasteiger partial charge in [-0.2, -0.15) is 0 Å². The first-order chi connectivity index (χ1) is 16.0. The van der Waals surface area contributed by atoms with Gasteiger partial charge in [0.05, 0.1) is 16.6 Å². The van der Waals surface area contributed by atoms with Gasteiger partial charge in [-0.05, 0) is 49.2 Å². The number of azide groups is 1. The van der Waals surface area contributed by atoms with Crippen LogP contribution in [-0.2, 0) is 10.0 Å². The first-order valence-corrected chi connectivity index (χ1v) is 12.6. The van der Waals surface area contributed by atoms with Gasteiger partial charge in [0.2, 0.25) is 0 Å². The van der Waals surface area contributed by atoms with Crippen molar-refractivity contribution in [2.24, 2.45) is 5.11 Å². The van der Waals surface area contributed by atoms with Crippen LogP contribution in [0.5, 0.6) is 0 Å². The van der Waals surface area contributed by atoms with Crippen molar-refractivity contribution < 1.29 is 8.42 Å². The summed E-state index contributed by atoms with van der Waals surface area (Å²) in [7, 11) is -3.88. The quantitative estimate of drug-likeness (QED) is 0.116. The van der Waals surface area contributed by atoms with Gasteiger partial charge >= 0.3 is 0 Å². The second-order valence-electron chi connectivity index (χ2n) is 7.91. The third kappa shape index (κ3) is 6.07. The van der Waals surface area contributed by atoms with E-state index in [1.165, 1.54) is 10.2 Å². The molecule has 6 nitrogen and oxygen atoms in total. The van der Waals surface area contributed by atoms with Crippen LogP contribution in [0.2, 0.25) is 0 Å². The third-order valence-corrected chi connectivity index (χ3v) is 7.13. The highest BCUT2D eigenvalue weighted by molar-refractivity contribution is 7.90. The molecule has 0 aliphatic rings. The van der Waals surface area contributed by atoms with E-state index in [-0.39, 0.29) is 4.90 Å². The van der Waals surface area contributed by atoms with Gasteiger partial charge in [0, 0.05) is 22.2 Å². The summed E-state index contributed by atoms with van der Waals surface area (Å²) in [6.45, 7) is 4.03. The van der Waals surface area contributed by atoms with Crippen LogP contribution < -0.4 is 0 Å². The Hall–Kier alpha value is -3.46. The number of unbranched alkanes of at least 4 members (excludes halogenated alkanes) is 3. The zero-order valence-electron chi connectivity index (χ0n) is 19.0. The monoisotopic (exact) mass is 460 g/mol. The van der Waals surface area contributed by atoms with Crippen molar-refractivity contribution in [3.05, 3.63) is 99.7 Å². The average Bonchev–Trinajstić information content (AvgIpc) is 3.25. The second kappa shape index (κ2) is 11.4. The lowest BCUT2D eigenvalue weighted by atomic mass is 10.0. The maximum Gasteiger partial charge on any atom is 0.267 e. The van der Waals surface area contributed by atoms with Crippen LogP contribution in [0.3, 0.4) is 0 Å². The normalized spacial score (nSPS) is 11.8. The van der Waals surface area contributed by atoms with Crippen molar-refractivity contribution in [1.82, 2.24) is 3.97 Å². The van der Waals surface area contributed by atoms with Crippen LogP contribution in [0.25, 0.3) is 10.4 Å². The molecule has 1 atom stereocenters. The Labute approximate surface area is 196 Å². The van der Waals surface area contributed by atoms with Gasteiger partial charge < -0.3 is 0 Å². The summed E-state index contributed by atoms with van der Waals surface area (Å²) in [5.41, 5.74) is 12.0. The molecule has 0 saturated heterocycles. The fourth-order valence-corrected chi connectivity index (χ4v) is 5.04. The third-order valence-electron chi connectivity index (χ3n) is 5.42.